The van der Waals surface area contributed by atoms with Crippen molar-refractivity contribution in [2.24, 2.45) is 0 Å². The fourth-order valence-corrected chi connectivity index (χ4v) is 3.39. The Morgan fingerprint density at radius 1 is 1.15 bits per heavy atom. The molecule has 1 amide bonds. The van der Waals surface area contributed by atoms with Crippen LogP contribution in [0.1, 0.15) is 27.2 Å². The molecule has 0 atom stereocenters. The van der Waals surface area contributed by atoms with Crippen LogP contribution < -0.4 is 5.32 Å². The summed E-state index contributed by atoms with van der Waals surface area (Å²) < 4.78 is 0. The minimum atomic E-state index is -0.409. The number of allylic oxidation sites excluding steroid dienone is 3. The molecule has 20 heavy (non-hydrogen) atoms. The molecule has 0 aromatic carbocycles. The number of carbonyl (C=O) groups is 3. The van der Waals surface area contributed by atoms with E-state index in [-0.39, 0.29) is 5.91 Å². The van der Waals surface area contributed by atoms with Gasteiger partial charge in [0, 0.05) is 13.5 Å². The predicted octanol–water partition coefficient (Wildman–Crippen LogP) is 2.31. The summed E-state index contributed by atoms with van der Waals surface area (Å²) in [6.07, 6.45) is 2.37. The number of hydrogen-bond donors (Lipinski definition) is 1. The number of nitrogens with one attached hydrogen (secondary N) is 1. The quantitative estimate of drug-likeness (QED) is 0.577. The molecular weight excluding hydrogens is 294 g/mol. The lowest BCUT2D eigenvalue weighted by molar-refractivity contribution is -0.131. The summed E-state index contributed by atoms with van der Waals surface area (Å²) >= 11 is 2.78. The number of Topliss-reactive ketones (excluding diaryl/α,β-unsaturated/α-hetero) is 2. The molecule has 0 heterocycles. The van der Waals surface area contributed by atoms with Gasteiger partial charge in [-0.15, -0.1) is 23.5 Å². The average Bonchev–Trinajstić information content (AvgIpc) is 2.39. The van der Waals surface area contributed by atoms with Crippen molar-refractivity contribution in [2.45, 2.75) is 27.2 Å². The first-order valence-corrected chi connectivity index (χ1v) is 8.52. The molecule has 0 aliphatic heterocycles. The maximum atomic E-state index is 12.1. The zero-order valence-corrected chi connectivity index (χ0v) is 13.6. The highest BCUT2D eigenvalue weighted by Gasteiger charge is 2.29. The van der Waals surface area contributed by atoms with Gasteiger partial charge in [-0.1, -0.05) is 13.8 Å². The summed E-state index contributed by atoms with van der Waals surface area (Å²) in [5.74, 6) is 0.576. The van der Waals surface area contributed by atoms with E-state index in [1.54, 1.807) is 6.08 Å². The van der Waals surface area contributed by atoms with Crippen molar-refractivity contribution in [1.29, 1.82) is 0 Å². The summed E-state index contributed by atoms with van der Waals surface area (Å²) in [4.78, 5) is 36.1. The van der Waals surface area contributed by atoms with Gasteiger partial charge in [0.15, 0.2) is 0 Å². The largest absolute Gasteiger partial charge is 0.356 e. The Labute approximate surface area is 127 Å². The van der Waals surface area contributed by atoms with Gasteiger partial charge in [-0.05, 0) is 29.6 Å². The van der Waals surface area contributed by atoms with Gasteiger partial charge in [0.2, 0.25) is 17.5 Å². The average molecular weight is 313 g/mol. The van der Waals surface area contributed by atoms with Crippen LogP contribution in [-0.2, 0) is 14.4 Å². The molecule has 110 valence electrons. The Morgan fingerprint density at radius 2 is 1.80 bits per heavy atom. The molecule has 0 radical (unpaired) electrons. The highest BCUT2D eigenvalue weighted by molar-refractivity contribution is 8.05. The summed E-state index contributed by atoms with van der Waals surface area (Å²) in [6, 6.07) is 0. The molecule has 1 rings (SSSR count). The highest BCUT2D eigenvalue weighted by Crippen LogP contribution is 2.33. The first kappa shape index (κ1) is 17.0. The number of thioether (sulfide) groups is 2. The molecule has 0 saturated heterocycles. The van der Waals surface area contributed by atoms with Crippen molar-refractivity contribution in [3.05, 3.63) is 21.5 Å². The van der Waals surface area contributed by atoms with E-state index in [9.17, 15) is 14.4 Å². The molecule has 0 aromatic rings. The highest BCUT2D eigenvalue weighted by atomic mass is 32.2. The second-order valence-corrected chi connectivity index (χ2v) is 6.70. The molecule has 1 aliphatic carbocycles. The number of ketones is 2. The van der Waals surface area contributed by atoms with Gasteiger partial charge < -0.3 is 5.32 Å². The van der Waals surface area contributed by atoms with Crippen molar-refractivity contribution < 1.29 is 14.4 Å². The summed E-state index contributed by atoms with van der Waals surface area (Å²) in [5, 5.41) is 2.71. The number of carbonyl (C=O) groups excluding carboxylic acids is 3. The van der Waals surface area contributed by atoms with Crippen LogP contribution in [-0.4, -0.2) is 35.5 Å². The molecule has 0 saturated carbocycles. The van der Waals surface area contributed by atoms with E-state index in [1.807, 2.05) is 13.8 Å². The Kier molecular flexibility index (Phi) is 7.09. The first-order valence-electron chi connectivity index (χ1n) is 6.55. The van der Waals surface area contributed by atoms with Crippen LogP contribution in [0.2, 0.25) is 0 Å². The van der Waals surface area contributed by atoms with E-state index < -0.39 is 11.6 Å². The molecule has 0 unspecified atom stereocenters. The Bertz CT molecular complexity index is 481. The molecule has 6 heteroatoms. The minimum Gasteiger partial charge on any atom is -0.356 e. The van der Waals surface area contributed by atoms with Gasteiger partial charge in [-0.25, -0.2) is 0 Å². The van der Waals surface area contributed by atoms with Crippen LogP contribution in [0.3, 0.4) is 0 Å². The van der Waals surface area contributed by atoms with Crippen molar-refractivity contribution in [3.8, 4) is 0 Å². The Balaban J connectivity index is 2.98. The molecule has 0 fully saturated rings. The summed E-state index contributed by atoms with van der Waals surface area (Å²) in [7, 11) is 0. The van der Waals surface area contributed by atoms with Crippen molar-refractivity contribution in [3.63, 3.8) is 0 Å². The number of hydrogen-bond acceptors (Lipinski definition) is 5. The van der Waals surface area contributed by atoms with E-state index in [0.717, 1.165) is 17.1 Å². The lowest BCUT2D eigenvalue weighted by Gasteiger charge is -2.17. The van der Waals surface area contributed by atoms with Crippen LogP contribution in [0.15, 0.2) is 21.5 Å². The van der Waals surface area contributed by atoms with E-state index in [2.05, 4.69) is 5.32 Å². The molecule has 1 aliphatic rings. The summed E-state index contributed by atoms with van der Waals surface area (Å²) in [5.41, 5.74) is 0.853. The lowest BCUT2D eigenvalue weighted by atomic mass is 10.0. The molecule has 4 nitrogen and oxygen atoms in total. The van der Waals surface area contributed by atoms with Gasteiger partial charge in [0.05, 0.1) is 9.81 Å². The monoisotopic (exact) mass is 313 g/mol. The Hall–Kier alpha value is -1.01. The van der Waals surface area contributed by atoms with Gasteiger partial charge in [0.1, 0.15) is 0 Å². The first-order chi connectivity index (χ1) is 9.51. The topological polar surface area (TPSA) is 63.2 Å². The molecular formula is C14H19NO3S2. The standard InChI is InChI=1S/C14H19NO3S2/c1-4-19-11-8-10(6-7-15-9(3)16)14(20-5-2)13(18)12(11)17/h8H,4-7H2,1-3H3,(H,15,16). The Morgan fingerprint density at radius 3 is 2.35 bits per heavy atom. The van der Waals surface area contributed by atoms with Gasteiger partial charge >= 0.3 is 0 Å². The van der Waals surface area contributed by atoms with Gasteiger partial charge in [0.25, 0.3) is 0 Å². The summed E-state index contributed by atoms with van der Waals surface area (Å²) in [6.45, 7) is 5.82. The number of amides is 1. The normalized spacial score (nSPS) is 15.4. The van der Waals surface area contributed by atoms with Crippen LogP contribution in [0.25, 0.3) is 0 Å². The third-order valence-electron chi connectivity index (χ3n) is 2.59. The van der Waals surface area contributed by atoms with Gasteiger partial charge in [-0.2, -0.15) is 0 Å². The second kappa shape index (κ2) is 8.32. The van der Waals surface area contributed by atoms with Gasteiger partial charge in [-0.3, -0.25) is 14.4 Å². The molecule has 0 spiro atoms. The minimum absolute atomic E-state index is 0.0966. The molecule has 0 aromatic heterocycles. The van der Waals surface area contributed by atoms with E-state index in [1.165, 1.54) is 30.4 Å². The van der Waals surface area contributed by atoms with E-state index in [0.29, 0.717) is 22.8 Å². The second-order valence-electron chi connectivity index (χ2n) is 4.12. The van der Waals surface area contributed by atoms with Crippen LogP contribution >= 0.6 is 23.5 Å². The fourth-order valence-electron chi connectivity index (χ4n) is 1.77. The predicted molar refractivity (Wildman–Crippen MR) is 84.7 cm³/mol. The van der Waals surface area contributed by atoms with E-state index in [4.69, 9.17) is 0 Å². The maximum Gasteiger partial charge on any atom is 0.240 e. The van der Waals surface area contributed by atoms with E-state index >= 15 is 0 Å². The zero-order chi connectivity index (χ0) is 15.1. The zero-order valence-electron chi connectivity index (χ0n) is 11.9. The molecule has 1 N–H and O–H groups in total. The molecule has 0 bridgehead atoms. The van der Waals surface area contributed by atoms with Crippen LogP contribution in [0.5, 0.6) is 0 Å². The fraction of sp³-hybridized carbons (Fsp3) is 0.500. The third kappa shape index (κ3) is 4.52. The van der Waals surface area contributed by atoms with Crippen molar-refractivity contribution >= 4 is 41.0 Å². The maximum absolute atomic E-state index is 12.1. The lowest BCUT2D eigenvalue weighted by Crippen LogP contribution is -2.25. The SMILES string of the molecule is CCSC1=CC(CCNC(C)=O)=C(SCC)C(=O)C1=O. The van der Waals surface area contributed by atoms with Crippen LogP contribution in [0.4, 0.5) is 0 Å². The number of rotatable bonds is 7. The van der Waals surface area contributed by atoms with Crippen molar-refractivity contribution in [1.82, 2.24) is 5.32 Å². The van der Waals surface area contributed by atoms with Crippen LogP contribution in [0, 0.1) is 0 Å². The third-order valence-corrected chi connectivity index (χ3v) is 4.52. The smallest absolute Gasteiger partial charge is 0.240 e. The van der Waals surface area contributed by atoms with Crippen molar-refractivity contribution in [2.75, 3.05) is 18.1 Å².